The molecule has 9 heteroatoms. The maximum absolute atomic E-state index is 13.7. The van der Waals surface area contributed by atoms with Crippen molar-refractivity contribution in [2.75, 3.05) is 10.0 Å². The van der Waals surface area contributed by atoms with Gasteiger partial charge in [0.1, 0.15) is 5.82 Å². The molecule has 0 saturated heterocycles. The fourth-order valence-corrected chi connectivity index (χ4v) is 5.39. The molecule has 1 aliphatic rings. The van der Waals surface area contributed by atoms with Crippen LogP contribution >= 0.6 is 0 Å². The number of fused-ring (bicyclic) bond motifs is 1. The van der Waals surface area contributed by atoms with E-state index in [9.17, 15) is 26.0 Å². The van der Waals surface area contributed by atoms with E-state index in [1.165, 1.54) is 24.3 Å². The number of benzene rings is 3. The molecule has 4 nitrogen and oxygen atoms in total. The Labute approximate surface area is 189 Å². The Kier molecular flexibility index (Phi) is 5.64. The Morgan fingerprint density at radius 1 is 1.00 bits per heavy atom. The van der Waals surface area contributed by atoms with Crippen LogP contribution in [0.2, 0.25) is 0 Å². The van der Waals surface area contributed by atoms with Crippen LogP contribution in [0.25, 0.3) is 0 Å². The molecule has 0 fully saturated rings. The van der Waals surface area contributed by atoms with E-state index in [2.05, 4.69) is 10.0 Å². The highest BCUT2D eigenvalue weighted by atomic mass is 32.2. The van der Waals surface area contributed by atoms with Gasteiger partial charge in [-0.2, -0.15) is 13.2 Å². The van der Waals surface area contributed by atoms with Gasteiger partial charge >= 0.3 is 6.18 Å². The van der Waals surface area contributed by atoms with E-state index in [0.29, 0.717) is 17.5 Å². The zero-order valence-electron chi connectivity index (χ0n) is 17.9. The minimum Gasteiger partial charge on any atom is -0.377 e. The Morgan fingerprint density at radius 3 is 2.39 bits per heavy atom. The van der Waals surface area contributed by atoms with E-state index >= 15 is 0 Å². The fraction of sp³-hybridized carbons (Fsp3) is 0.250. The van der Waals surface area contributed by atoms with E-state index in [-0.39, 0.29) is 16.3 Å². The summed E-state index contributed by atoms with van der Waals surface area (Å²) in [5.74, 6) is -0.696. The summed E-state index contributed by atoms with van der Waals surface area (Å²) in [7, 11) is -4.12. The highest BCUT2D eigenvalue weighted by Gasteiger charge is 2.41. The van der Waals surface area contributed by atoms with Gasteiger partial charge in [0, 0.05) is 0 Å². The van der Waals surface area contributed by atoms with Crippen molar-refractivity contribution >= 4 is 21.4 Å². The van der Waals surface area contributed by atoms with Gasteiger partial charge in [0.15, 0.2) is 0 Å². The Balaban J connectivity index is 1.75. The summed E-state index contributed by atoms with van der Waals surface area (Å²) in [6.45, 7) is 3.72. The first-order chi connectivity index (χ1) is 15.4. The first-order valence-corrected chi connectivity index (χ1v) is 11.7. The fourth-order valence-electron chi connectivity index (χ4n) is 4.27. The van der Waals surface area contributed by atoms with Crippen molar-refractivity contribution in [2.24, 2.45) is 0 Å². The van der Waals surface area contributed by atoms with Crippen LogP contribution in [-0.4, -0.2) is 8.42 Å². The van der Waals surface area contributed by atoms with Crippen LogP contribution in [0.3, 0.4) is 0 Å². The standard InChI is InChI=1S/C24H22F4N2O2S/c1-23(2)14-21(29-22-18(23)10-6-11-19(22)24(26,27)28)17-9-3-4-12-20(17)30-33(31,32)16-8-5-7-15(25)13-16/h3-13,21,29-30H,14H2,1-2H3. The van der Waals surface area contributed by atoms with E-state index < -0.39 is 39.0 Å². The summed E-state index contributed by atoms with van der Waals surface area (Å²) in [4.78, 5) is -0.251. The predicted octanol–water partition coefficient (Wildman–Crippen LogP) is 6.48. The summed E-state index contributed by atoms with van der Waals surface area (Å²) in [5, 5.41) is 3.00. The quantitative estimate of drug-likeness (QED) is 0.422. The van der Waals surface area contributed by atoms with Crippen LogP contribution in [0.1, 0.15) is 43.0 Å². The molecule has 0 saturated carbocycles. The van der Waals surface area contributed by atoms with Crippen LogP contribution < -0.4 is 10.0 Å². The van der Waals surface area contributed by atoms with E-state index in [1.807, 2.05) is 13.8 Å². The number of sulfonamides is 1. The second-order valence-electron chi connectivity index (χ2n) is 8.66. The highest BCUT2D eigenvalue weighted by molar-refractivity contribution is 7.92. The van der Waals surface area contributed by atoms with E-state index in [0.717, 1.165) is 18.2 Å². The molecule has 0 amide bonds. The molecule has 1 aliphatic heterocycles. The van der Waals surface area contributed by atoms with Gasteiger partial charge in [-0.15, -0.1) is 0 Å². The molecule has 2 N–H and O–H groups in total. The monoisotopic (exact) mass is 478 g/mol. The molecule has 1 heterocycles. The van der Waals surface area contributed by atoms with Gasteiger partial charge in [0.2, 0.25) is 0 Å². The Morgan fingerprint density at radius 2 is 1.70 bits per heavy atom. The number of nitrogens with one attached hydrogen (secondary N) is 2. The number of alkyl halides is 3. The maximum Gasteiger partial charge on any atom is 0.418 e. The molecule has 3 aromatic rings. The third-order valence-corrected chi connectivity index (χ3v) is 7.18. The van der Waals surface area contributed by atoms with E-state index in [4.69, 9.17) is 0 Å². The average molecular weight is 479 g/mol. The van der Waals surface area contributed by atoms with Crippen molar-refractivity contribution in [2.45, 2.75) is 42.8 Å². The minimum absolute atomic E-state index is 0.00552. The van der Waals surface area contributed by atoms with Crippen LogP contribution in [-0.2, 0) is 21.6 Å². The number of anilines is 2. The molecule has 1 unspecified atom stereocenters. The van der Waals surface area contributed by atoms with Gasteiger partial charge < -0.3 is 5.32 Å². The molecule has 3 aromatic carbocycles. The van der Waals surface area contributed by atoms with Crippen LogP contribution in [0.4, 0.5) is 28.9 Å². The molecule has 4 rings (SSSR count). The molecule has 33 heavy (non-hydrogen) atoms. The molecule has 0 spiro atoms. The van der Waals surface area contributed by atoms with Crippen molar-refractivity contribution in [3.05, 3.63) is 89.2 Å². The normalized spacial score (nSPS) is 17.7. The molecular formula is C24H22F4N2O2S. The molecule has 0 aromatic heterocycles. The lowest BCUT2D eigenvalue weighted by atomic mass is 9.73. The van der Waals surface area contributed by atoms with Crippen molar-refractivity contribution in [3.63, 3.8) is 0 Å². The SMILES string of the molecule is CC1(C)CC(c2ccccc2NS(=O)(=O)c2cccc(F)c2)Nc2c(C(F)(F)F)cccc21. The highest BCUT2D eigenvalue weighted by Crippen LogP contribution is 2.49. The molecule has 1 atom stereocenters. The number of para-hydroxylation sites is 2. The van der Waals surface area contributed by atoms with Crippen molar-refractivity contribution in [1.29, 1.82) is 0 Å². The topological polar surface area (TPSA) is 58.2 Å². The van der Waals surface area contributed by atoms with Crippen molar-refractivity contribution in [1.82, 2.24) is 0 Å². The summed E-state index contributed by atoms with van der Waals surface area (Å²) in [5.41, 5.74) is -0.131. The number of rotatable bonds is 4. The van der Waals surface area contributed by atoms with Gasteiger partial charge in [-0.1, -0.05) is 50.2 Å². The van der Waals surface area contributed by atoms with Gasteiger partial charge in [-0.25, -0.2) is 12.8 Å². The zero-order valence-corrected chi connectivity index (χ0v) is 18.7. The second-order valence-corrected chi connectivity index (χ2v) is 10.3. The van der Waals surface area contributed by atoms with Crippen LogP contribution in [0.5, 0.6) is 0 Å². The lowest BCUT2D eigenvalue weighted by molar-refractivity contribution is -0.137. The Hall–Kier alpha value is -3.07. The predicted molar refractivity (Wildman–Crippen MR) is 119 cm³/mol. The van der Waals surface area contributed by atoms with E-state index in [1.54, 1.807) is 24.3 Å². The number of hydrogen-bond donors (Lipinski definition) is 2. The lowest BCUT2D eigenvalue weighted by Gasteiger charge is -2.40. The summed E-state index contributed by atoms with van der Waals surface area (Å²) < 4.78 is 82.9. The molecule has 0 bridgehead atoms. The largest absolute Gasteiger partial charge is 0.418 e. The molecule has 0 aliphatic carbocycles. The van der Waals surface area contributed by atoms with Crippen LogP contribution in [0.15, 0.2) is 71.6 Å². The van der Waals surface area contributed by atoms with Crippen LogP contribution in [0, 0.1) is 5.82 Å². The second kappa shape index (κ2) is 8.06. The smallest absolute Gasteiger partial charge is 0.377 e. The van der Waals surface area contributed by atoms with Gasteiger partial charge in [-0.05, 0) is 53.3 Å². The minimum atomic E-state index is -4.55. The van der Waals surface area contributed by atoms with Gasteiger partial charge in [0.25, 0.3) is 10.0 Å². The zero-order chi connectivity index (χ0) is 24.0. The third kappa shape index (κ3) is 4.55. The maximum atomic E-state index is 13.7. The first kappa shape index (κ1) is 23.1. The molecule has 174 valence electrons. The number of halogens is 4. The van der Waals surface area contributed by atoms with Gasteiger partial charge in [0.05, 0.1) is 27.9 Å². The number of hydrogen-bond acceptors (Lipinski definition) is 3. The molecule has 0 radical (unpaired) electrons. The van der Waals surface area contributed by atoms with Gasteiger partial charge in [-0.3, -0.25) is 4.72 Å². The third-order valence-electron chi connectivity index (χ3n) is 5.82. The summed E-state index contributed by atoms with van der Waals surface area (Å²) in [6, 6.07) is 14.6. The lowest BCUT2D eigenvalue weighted by Crippen LogP contribution is -2.33. The summed E-state index contributed by atoms with van der Waals surface area (Å²) >= 11 is 0. The van der Waals surface area contributed by atoms with Crippen molar-refractivity contribution in [3.8, 4) is 0 Å². The summed E-state index contributed by atoms with van der Waals surface area (Å²) in [6.07, 6.45) is -4.12. The Bertz CT molecular complexity index is 1290. The molecular weight excluding hydrogens is 456 g/mol. The average Bonchev–Trinajstić information content (AvgIpc) is 2.72. The van der Waals surface area contributed by atoms with Crippen molar-refractivity contribution < 1.29 is 26.0 Å². The first-order valence-electron chi connectivity index (χ1n) is 10.2.